The molecule has 1 N–H and O–H groups in total. The monoisotopic (exact) mass is 723 g/mol. The molecule has 10 nitrogen and oxygen atoms in total. The van der Waals surface area contributed by atoms with Gasteiger partial charge in [-0.1, -0.05) is 84.3 Å². The van der Waals surface area contributed by atoms with Crippen LogP contribution >= 0.6 is 46.3 Å². The molecule has 0 bridgehead atoms. The minimum Gasteiger partial charge on any atom is -0.505 e. The van der Waals surface area contributed by atoms with Crippen molar-refractivity contribution in [2.45, 2.75) is 49.2 Å². The number of methoxy groups -OCH3 is 1. The number of amides is 1. The number of aliphatic hydroxyl groups is 1. The third-order valence-corrected chi connectivity index (χ3v) is 10.5. The topological polar surface area (TPSA) is 119 Å². The number of halogens is 2. The Bertz CT molecular complexity index is 2050. The van der Waals surface area contributed by atoms with Crippen LogP contribution in [0.15, 0.2) is 70.7 Å². The highest BCUT2D eigenvalue weighted by atomic mass is 35.5. The summed E-state index contributed by atoms with van der Waals surface area (Å²) in [6.07, 6.45) is 4.73. The molecule has 1 atom stereocenters. The number of thioether (sulfide) groups is 1. The normalized spacial score (nSPS) is 15.9. The summed E-state index contributed by atoms with van der Waals surface area (Å²) in [7, 11) is 1.53. The molecule has 6 rings (SSSR count). The number of hydrogen-bond donors (Lipinski definition) is 1. The Kier molecular flexibility index (Phi) is 10.3. The van der Waals surface area contributed by atoms with Gasteiger partial charge in [-0.25, -0.2) is 4.98 Å². The number of aliphatic hydroxyl groups excluding tert-OH is 1. The molecule has 1 fully saturated rings. The predicted molar refractivity (Wildman–Crippen MR) is 189 cm³/mol. The number of rotatable bonds is 12. The molecule has 0 spiro atoms. The number of imidazole rings is 1. The lowest BCUT2D eigenvalue weighted by atomic mass is 9.96. The molecule has 14 heteroatoms. The maximum atomic E-state index is 13.9. The maximum Gasteiger partial charge on any atom is 0.301 e. The van der Waals surface area contributed by atoms with Gasteiger partial charge in [0.05, 0.1) is 31.0 Å². The molecular weight excluding hydrogens is 693 g/mol. The van der Waals surface area contributed by atoms with Crippen molar-refractivity contribution in [2.75, 3.05) is 18.6 Å². The lowest BCUT2D eigenvalue weighted by Crippen LogP contribution is -2.29. The molecule has 4 heterocycles. The summed E-state index contributed by atoms with van der Waals surface area (Å²) in [5.41, 5.74) is 2.65. The number of hydrogen-bond acceptors (Lipinski definition) is 10. The number of pyridine rings is 1. The minimum atomic E-state index is -1.06. The van der Waals surface area contributed by atoms with Crippen molar-refractivity contribution in [1.82, 2.24) is 19.6 Å². The van der Waals surface area contributed by atoms with E-state index in [1.165, 1.54) is 23.8 Å². The molecule has 0 saturated carbocycles. The number of ether oxygens (including phenoxy) is 2. The largest absolute Gasteiger partial charge is 0.505 e. The highest BCUT2D eigenvalue weighted by Crippen LogP contribution is 2.46. The fourth-order valence-corrected chi connectivity index (χ4v) is 7.94. The van der Waals surface area contributed by atoms with Crippen LogP contribution in [-0.4, -0.2) is 50.1 Å². The first kappa shape index (κ1) is 33.8. The van der Waals surface area contributed by atoms with Gasteiger partial charge in [0, 0.05) is 22.0 Å². The van der Waals surface area contributed by atoms with E-state index < -0.39 is 17.7 Å². The summed E-state index contributed by atoms with van der Waals surface area (Å²) in [5.74, 6) is -0.625. The van der Waals surface area contributed by atoms with Crippen molar-refractivity contribution >= 4 is 74.5 Å². The van der Waals surface area contributed by atoms with Crippen LogP contribution in [0.2, 0.25) is 10.0 Å². The van der Waals surface area contributed by atoms with E-state index in [1.54, 1.807) is 60.0 Å². The number of Topliss-reactive ketones (excluding diaryl/α,β-unsaturated/α-hetero) is 1. The third kappa shape index (κ3) is 6.62. The molecule has 248 valence electrons. The highest BCUT2D eigenvalue weighted by molar-refractivity contribution is 8.00. The Morgan fingerprint density at radius 1 is 1.06 bits per heavy atom. The number of benzene rings is 2. The van der Waals surface area contributed by atoms with E-state index in [4.69, 9.17) is 32.7 Å². The van der Waals surface area contributed by atoms with Crippen molar-refractivity contribution in [2.24, 2.45) is 0 Å². The van der Waals surface area contributed by atoms with Gasteiger partial charge in [-0.15, -0.1) is 10.2 Å². The SMILES string of the molecule is CCCCCOc1ccc(C2C(=C(O)c3c(C)nc4ccccn34)C(=O)C(=O)N2c2nnc(SCc3ccc(Cl)cc3Cl)s2)cc1OC. The number of nitrogens with zero attached hydrogens (tertiary/aromatic N) is 5. The van der Waals surface area contributed by atoms with Crippen LogP contribution < -0.4 is 14.4 Å². The average molecular weight is 725 g/mol. The number of fused-ring (bicyclic) bond motifs is 1. The molecular formula is C34H31Cl2N5O5S2. The first-order valence-corrected chi connectivity index (χ1v) is 17.7. The number of aromatic nitrogens is 4. The first-order chi connectivity index (χ1) is 23.2. The lowest BCUT2D eigenvalue weighted by molar-refractivity contribution is -0.132. The van der Waals surface area contributed by atoms with Gasteiger partial charge in [-0.2, -0.15) is 0 Å². The van der Waals surface area contributed by atoms with E-state index in [-0.39, 0.29) is 16.5 Å². The fraction of sp³-hybridized carbons (Fsp3) is 0.265. The Balaban J connectivity index is 1.43. The zero-order chi connectivity index (χ0) is 33.9. The van der Waals surface area contributed by atoms with Crippen molar-refractivity contribution < 1.29 is 24.2 Å². The summed E-state index contributed by atoms with van der Waals surface area (Å²) in [4.78, 5) is 33.6. The van der Waals surface area contributed by atoms with Crippen LogP contribution in [0.1, 0.15) is 54.7 Å². The smallest absolute Gasteiger partial charge is 0.301 e. The van der Waals surface area contributed by atoms with Gasteiger partial charge in [0.25, 0.3) is 5.78 Å². The minimum absolute atomic E-state index is 0.107. The van der Waals surface area contributed by atoms with Crippen LogP contribution in [0.3, 0.4) is 0 Å². The molecule has 5 aromatic rings. The number of unbranched alkanes of at least 4 members (excludes halogenated alkanes) is 2. The maximum absolute atomic E-state index is 13.9. The quantitative estimate of drug-likeness (QED) is 0.0339. The van der Waals surface area contributed by atoms with Gasteiger partial charge in [0.2, 0.25) is 5.13 Å². The Morgan fingerprint density at radius 3 is 2.67 bits per heavy atom. The van der Waals surface area contributed by atoms with Gasteiger partial charge in [0.1, 0.15) is 11.3 Å². The van der Waals surface area contributed by atoms with Crippen LogP contribution in [-0.2, 0) is 15.3 Å². The van der Waals surface area contributed by atoms with Gasteiger partial charge < -0.3 is 14.6 Å². The third-order valence-electron chi connectivity index (χ3n) is 7.85. The summed E-state index contributed by atoms with van der Waals surface area (Å²) in [6.45, 7) is 4.37. The molecule has 1 aliphatic heterocycles. The summed E-state index contributed by atoms with van der Waals surface area (Å²) >= 11 is 15.0. The van der Waals surface area contributed by atoms with Crippen molar-refractivity contribution in [3.8, 4) is 11.5 Å². The summed E-state index contributed by atoms with van der Waals surface area (Å²) in [6, 6.07) is 14.8. The Morgan fingerprint density at radius 2 is 1.90 bits per heavy atom. The van der Waals surface area contributed by atoms with Crippen molar-refractivity contribution in [1.29, 1.82) is 0 Å². The molecule has 1 aliphatic rings. The Labute approximate surface area is 295 Å². The first-order valence-electron chi connectivity index (χ1n) is 15.2. The predicted octanol–water partition coefficient (Wildman–Crippen LogP) is 8.30. The number of ketones is 1. The van der Waals surface area contributed by atoms with Gasteiger partial charge >= 0.3 is 5.91 Å². The summed E-state index contributed by atoms with van der Waals surface area (Å²) < 4.78 is 13.9. The van der Waals surface area contributed by atoms with E-state index in [0.717, 1.165) is 36.2 Å². The zero-order valence-electron chi connectivity index (χ0n) is 26.3. The van der Waals surface area contributed by atoms with Crippen LogP contribution in [0.4, 0.5) is 5.13 Å². The molecule has 1 amide bonds. The van der Waals surface area contributed by atoms with E-state index in [1.807, 2.05) is 12.1 Å². The van der Waals surface area contributed by atoms with Crippen LogP contribution in [0.25, 0.3) is 11.4 Å². The summed E-state index contributed by atoms with van der Waals surface area (Å²) in [5, 5.41) is 21.8. The van der Waals surface area contributed by atoms with Gasteiger partial charge in [-0.05, 0) is 60.9 Å². The molecule has 2 aromatic carbocycles. The Hall–Kier alpha value is -4.10. The van der Waals surface area contributed by atoms with Crippen LogP contribution in [0.5, 0.6) is 11.5 Å². The number of carbonyl (C=O) groups is 2. The molecule has 3 aromatic heterocycles. The fourth-order valence-electron chi connectivity index (χ4n) is 5.52. The highest BCUT2D eigenvalue weighted by Gasteiger charge is 2.49. The second-order valence-corrected chi connectivity index (χ2v) is 14.0. The van der Waals surface area contributed by atoms with E-state index in [0.29, 0.717) is 60.8 Å². The van der Waals surface area contributed by atoms with Gasteiger partial charge in [0.15, 0.2) is 21.6 Å². The second-order valence-electron chi connectivity index (χ2n) is 11.0. The standard InChI is InChI=1S/C34H31Cl2N5O5S2/c1-4-5-8-15-46-24-13-11-20(16-25(24)45-3)29-27(30(42)28-19(2)37-26-9-6-7-14-40(26)28)31(43)32(44)41(29)33-38-39-34(48-33)47-18-21-10-12-22(35)17-23(21)36/h6-7,9-14,16-17,29,42H,4-5,8,15,18H2,1-3H3. The molecule has 0 aliphatic carbocycles. The number of anilines is 1. The molecule has 48 heavy (non-hydrogen) atoms. The van der Waals surface area contributed by atoms with E-state index in [9.17, 15) is 14.7 Å². The number of carbonyl (C=O) groups excluding carboxylic acids is 2. The second kappa shape index (κ2) is 14.6. The molecule has 0 radical (unpaired) electrons. The van der Waals surface area contributed by atoms with Gasteiger partial charge in [-0.3, -0.25) is 18.9 Å². The van der Waals surface area contributed by atoms with Crippen molar-refractivity contribution in [3.63, 3.8) is 0 Å². The molecule has 1 saturated heterocycles. The molecule has 1 unspecified atom stereocenters. The van der Waals surface area contributed by atoms with E-state index >= 15 is 0 Å². The average Bonchev–Trinajstić information content (AvgIpc) is 3.75. The van der Waals surface area contributed by atoms with Crippen LogP contribution in [0, 0.1) is 6.92 Å². The lowest BCUT2D eigenvalue weighted by Gasteiger charge is -2.23. The zero-order valence-corrected chi connectivity index (χ0v) is 29.4. The van der Waals surface area contributed by atoms with Crippen molar-refractivity contribution in [3.05, 3.63) is 98.9 Å². The number of aryl methyl sites for hydroxylation is 1. The van der Waals surface area contributed by atoms with E-state index in [2.05, 4.69) is 22.1 Å².